The number of nitrogens with one attached hydrogen (secondary N) is 3. The van der Waals surface area contributed by atoms with Gasteiger partial charge in [0.15, 0.2) is 0 Å². The van der Waals surface area contributed by atoms with Crippen LogP contribution in [0.2, 0.25) is 0 Å². The molecule has 0 aliphatic carbocycles. The molecular weight excluding hydrogens is 694 g/mol. The van der Waals surface area contributed by atoms with Crippen LogP contribution in [0.4, 0.5) is 8.78 Å². The molecule has 0 bridgehead atoms. The van der Waals surface area contributed by atoms with Crippen molar-refractivity contribution in [2.75, 3.05) is 26.2 Å². The van der Waals surface area contributed by atoms with Gasteiger partial charge < -0.3 is 35.4 Å². The number of carbonyl (C=O) groups excluding carboxylic acids is 7. The fourth-order valence-electron chi connectivity index (χ4n) is 7.57. The lowest BCUT2D eigenvalue weighted by molar-refractivity contribution is -0.158. The van der Waals surface area contributed by atoms with E-state index in [1.54, 1.807) is 6.08 Å². The number of benzene rings is 1. The van der Waals surface area contributed by atoms with Crippen LogP contribution in [0.1, 0.15) is 71.3 Å². The Morgan fingerprint density at radius 3 is 2.26 bits per heavy atom. The van der Waals surface area contributed by atoms with Gasteiger partial charge in [0.2, 0.25) is 35.4 Å². The molecule has 1 aromatic rings. The first-order valence-electron chi connectivity index (χ1n) is 18.4. The molecule has 4 heterocycles. The maximum atomic E-state index is 14.3. The third kappa shape index (κ3) is 9.38. The summed E-state index contributed by atoms with van der Waals surface area (Å²) in [5, 5.41) is 7.84. The van der Waals surface area contributed by atoms with Crippen LogP contribution in [0, 0.1) is 17.6 Å². The summed E-state index contributed by atoms with van der Waals surface area (Å²) in [7, 11) is 0. The van der Waals surface area contributed by atoms with Crippen molar-refractivity contribution >= 4 is 41.4 Å². The molecule has 0 saturated carbocycles. The number of halogens is 2. The average Bonchev–Trinajstić information content (AvgIpc) is 3.88. The van der Waals surface area contributed by atoms with E-state index in [-0.39, 0.29) is 50.4 Å². The number of cyclic esters (lactones) is 1. The summed E-state index contributed by atoms with van der Waals surface area (Å²) in [6, 6.07) is -4.13. The van der Waals surface area contributed by atoms with Crippen LogP contribution in [0.15, 0.2) is 30.4 Å². The Morgan fingerprint density at radius 2 is 1.58 bits per heavy atom. The van der Waals surface area contributed by atoms with E-state index in [0.29, 0.717) is 31.7 Å². The number of nitrogens with zero attached hydrogens (tertiary/aromatic N) is 3. The summed E-state index contributed by atoms with van der Waals surface area (Å²) in [5.74, 6) is -6.45. The lowest BCUT2D eigenvalue weighted by Gasteiger charge is -2.34. The topological polar surface area (TPSA) is 175 Å². The van der Waals surface area contributed by atoms with Crippen LogP contribution in [0.3, 0.4) is 0 Å². The van der Waals surface area contributed by atoms with Gasteiger partial charge in [-0.3, -0.25) is 28.8 Å². The van der Waals surface area contributed by atoms with Crippen LogP contribution in [0.25, 0.3) is 0 Å². The molecule has 4 aliphatic rings. The third-order valence-corrected chi connectivity index (χ3v) is 10.2. The Bertz CT molecular complexity index is 1620. The van der Waals surface area contributed by atoms with Gasteiger partial charge in [-0.1, -0.05) is 26.3 Å². The summed E-state index contributed by atoms with van der Waals surface area (Å²) in [6.07, 6.45) is 5.73. The van der Waals surface area contributed by atoms with E-state index in [9.17, 15) is 42.3 Å². The van der Waals surface area contributed by atoms with Gasteiger partial charge in [-0.15, -0.1) is 0 Å². The first-order valence-corrected chi connectivity index (χ1v) is 18.4. The Labute approximate surface area is 307 Å². The highest BCUT2D eigenvalue weighted by atomic mass is 19.1. The molecule has 5 rings (SSSR count). The number of fused-ring (bicyclic) bond motifs is 3. The van der Waals surface area contributed by atoms with E-state index in [2.05, 4.69) is 16.0 Å². The second kappa shape index (κ2) is 17.3. The lowest BCUT2D eigenvalue weighted by atomic mass is 10.0. The Kier molecular flexibility index (Phi) is 12.8. The van der Waals surface area contributed by atoms with E-state index >= 15 is 0 Å². The predicted octanol–water partition coefficient (Wildman–Crippen LogP) is 1.11. The minimum Gasteiger partial charge on any atom is -0.461 e. The quantitative estimate of drug-likeness (QED) is 0.263. The van der Waals surface area contributed by atoms with Crippen molar-refractivity contribution in [3.8, 4) is 0 Å². The number of rotatable bonds is 8. The highest BCUT2D eigenvalue weighted by Crippen LogP contribution is 2.28. The average molecular weight is 743 g/mol. The maximum absolute atomic E-state index is 14.3. The van der Waals surface area contributed by atoms with E-state index in [4.69, 9.17) is 4.74 Å². The maximum Gasteiger partial charge on any atom is 0.328 e. The zero-order chi connectivity index (χ0) is 38.4. The van der Waals surface area contributed by atoms with Crippen molar-refractivity contribution < 1.29 is 47.1 Å². The van der Waals surface area contributed by atoms with Gasteiger partial charge in [0, 0.05) is 32.1 Å². The summed E-state index contributed by atoms with van der Waals surface area (Å²) in [4.78, 5) is 99.8. The number of esters is 1. The van der Waals surface area contributed by atoms with Crippen molar-refractivity contribution in [1.29, 1.82) is 0 Å². The van der Waals surface area contributed by atoms with Crippen molar-refractivity contribution in [2.24, 2.45) is 5.92 Å². The molecule has 0 unspecified atom stereocenters. The summed E-state index contributed by atoms with van der Waals surface area (Å²) >= 11 is 0. The molecule has 3 N–H and O–H groups in total. The molecule has 4 aliphatic heterocycles. The number of carbonyl (C=O) groups is 7. The van der Waals surface area contributed by atoms with Gasteiger partial charge >= 0.3 is 5.97 Å². The zero-order valence-corrected chi connectivity index (χ0v) is 30.3. The molecule has 16 heteroatoms. The molecule has 0 spiro atoms. The van der Waals surface area contributed by atoms with Crippen LogP contribution in [-0.4, -0.2) is 119 Å². The largest absolute Gasteiger partial charge is 0.461 e. The van der Waals surface area contributed by atoms with E-state index in [1.165, 1.54) is 27.7 Å². The fraction of sp³-hybridized carbons (Fsp3) is 0.595. The SMILES string of the molecule is CCC/C=C/C(=O)N[C@@H](Cc1cc(F)cc(F)c1)C(=O)N[C@H]1COC(=O)[C@@H]2C[C@@H](C)CN2C(=O)[C@H](C)NC(=O)[C@@H]2CCCN2C(=O)[C@@H]2CCCN2C1=O. The molecular formula is C37H48F2N6O8. The van der Waals surface area contributed by atoms with Gasteiger partial charge in [0.05, 0.1) is 0 Å². The Balaban J connectivity index is 1.47. The molecule has 1 aromatic carbocycles. The van der Waals surface area contributed by atoms with Crippen molar-refractivity contribution in [3.05, 3.63) is 47.5 Å². The smallest absolute Gasteiger partial charge is 0.328 e. The second-order valence-corrected chi connectivity index (χ2v) is 14.4. The molecule has 0 aromatic heterocycles. The minimum absolute atomic E-state index is 0.0555. The molecule has 6 amide bonds. The van der Waals surface area contributed by atoms with Crippen molar-refractivity contribution in [2.45, 2.75) is 108 Å². The zero-order valence-electron chi connectivity index (χ0n) is 30.3. The van der Waals surface area contributed by atoms with E-state index < -0.39 is 95.9 Å². The van der Waals surface area contributed by atoms with Crippen molar-refractivity contribution in [3.63, 3.8) is 0 Å². The number of allylic oxidation sites excluding steroid dienone is 1. The Hall–Kier alpha value is -4.89. The standard InChI is InChI=1S/C37H48F2N6O8/c1-4-5-6-11-31(46)41-26(17-23-15-24(38)18-25(39)16-23)32(47)42-27-20-53-37(52)30-14-21(2)19-45(30)34(49)22(3)40-33(48)28-9-7-12-43(28)36(51)29-10-8-13-44(29)35(27)50/h6,11,15-16,18,21-22,26-30H,4-5,7-10,12-14,17,19-20H2,1-3H3,(H,40,48)(H,41,46)(H,42,47)/b11-6+/t21-,22+,26+,27+,28+,29+,30+/m1/s1. The van der Waals surface area contributed by atoms with Crippen LogP contribution >= 0.6 is 0 Å². The summed E-state index contributed by atoms with van der Waals surface area (Å²) in [5.41, 5.74) is 0.0555. The second-order valence-electron chi connectivity index (χ2n) is 14.4. The molecule has 288 valence electrons. The van der Waals surface area contributed by atoms with Crippen LogP contribution in [-0.2, 0) is 44.7 Å². The molecule has 4 saturated heterocycles. The molecule has 4 fully saturated rings. The van der Waals surface area contributed by atoms with Crippen molar-refractivity contribution in [1.82, 2.24) is 30.7 Å². The van der Waals surface area contributed by atoms with Gasteiger partial charge in [-0.25, -0.2) is 13.6 Å². The monoisotopic (exact) mass is 742 g/mol. The summed E-state index contributed by atoms with van der Waals surface area (Å²) < 4.78 is 33.9. The molecule has 0 radical (unpaired) electrons. The van der Waals surface area contributed by atoms with Gasteiger partial charge in [-0.2, -0.15) is 0 Å². The van der Waals surface area contributed by atoms with Gasteiger partial charge in [-0.05, 0) is 75.1 Å². The molecule has 53 heavy (non-hydrogen) atoms. The van der Waals surface area contributed by atoms with E-state index in [0.717, 1.165) is 18.6 Å². The van der Waals surface area contributed by atoms with Gasteiger partial charge in [0.1, 0.15) is 54.5 Å². The highest BCUT2D eigenvalue weighted by Gasteiger charge is 2.46. The van der Waals surface area contributed by atoms with Crippen LogP contribution in [0.5, 0.6) is 0 Å². The summed E-state index contributed by atoms with van der Waals surface area (Å²) in [6.45, 7) is 5.26. The first-order chi connectivity index (χ1) is 25.3. The first kappa shape index (κ1) is 39.3. The normalized spacial score (nSPS) is 27.6. The molecule has 7 atom stereocenters. The Morgan fingerprint density at radius 1 is 0.925 bits per heavy atom. The number of ether oxygens (including phenoxy) is 1. The number of amides is 6. The number of hydrogen-bond donors (Lipinski definition) is 3. The number of unbranched alkanes of at least 4 members (excludes halogenated alkanes) is 1. The fourth-order valence-corrected chi connectivity index (χ4v) is 7.57. The minimum atomic E-state index is -1.55. The van der Waals surface area contributed by atoms with E-state index in [1.807, 2.05) is 13.8 Å². The lowest BCUT2D eigenvalue weighted by Crippen LogP contribution is -2.60. The highest BCUT2D eigenvalue weighted by molar-refractivity contribution is 5.98. The number of hydrogen-bond acceptors (Lipinski definition) is 8. The third-order valence-electron chi connectivity index (χ3n) is 10.2. The van der Waals surface area contributed by atoms with Gasteiger partial charge in [0.25, 0.3) is 0 Å². The predicted molar refractivity (Wildman–Crippen MR) is 185 cm³/mol. The van der Waals surface area contributed by atoms with Crippen LogP contribution < -0.4 is 16.0 Å². The molecule has 14 nitrogen and oxygen atoms in total.